The van der Waals surface area contributed by atoms with Gasteiger partial charge in [-0.05, 0) is 91.0 Å². The molecule has 2 saturated carbocycles. The molecule has 7 rings (SSSR count). The molecule has 11 nitrogen and oxygen atoms in total. The van der Waals surface area contributed by atoms with E-state index in [0.717, 1.165) is 42.1 Å². The van der Waals surface area contributed by atoms with Gasteiger partial charge in [0.05, 0.1) is 40.9 Å². The smallest absolute Gasteiger partial charge is 0.307 e. The summed E-state index contributed by atoms with van der Waals surface area (Å²) in [5, 5.41) is 1.00. The summed E-state index contributed by atoms with van der Waals surface area (Å²) in [7, 11) is -3.92. The van der Waals surface area contributed by atoms with E-state index < -0.39 is 55.2 Å². The number of para-hydroxylation sites is 1. The molecule has 0 radical (unpaired) electrons. The molecule has 5 aliphatic rings. The first-order valence-corrected chi connectivity index (χ1v) is 20.4. The maximum atomic E-state index is 14.7. The minimum atomic E-state index is -3.92. The zero-order valence-electron chi connectivity index (χ0n) is 30.7. The number of carbonyl (C=O) groups is 4. The second-order valence-electron chi connectivity index (χ2n) is 17.1. The zero-order chi connectivity index (χ0) is 37.1. The van der Waals surface area contributed by atoms with Gasteiger partial charge in [-0.2, -0.15) is 0 Å². The standard InChI is InChI=1S/C40H51N3O8S/c1-37(2,3)51-34(45)20-26-12-8-6-5-7-9-13-27-21-40(27,36(47)42-52(48,49)38(4)18-19-38)23-32(44)31-22-39(25-43(31)35(26)46)17-16-29-28-14-10-11-15-30(28)41-24-33(29)50-39/h9-11,13-15,24,26-27,31H,5-8,12,16-23,25H2,1-4H3,(H,42,47)/b13-9-/t26-,27-,31+,39-,40-/m1/s1. The maximum Gasteiger partial charge on any atom is 0.307 e. The third-order valence-electron chi connectivity index (χ3n) is 11.9. The Morgan fingerprint density at radius 2 is 1.85 bits per heavy atom. The maximum absolute atomic E-state index is 14.7. The van der Waals surface area contributed by atoms with E-state index >= 15 is 0 Å². The molecule has 3 fully saturated rings. The van der Waals surface area contributed by atoms with Crippen LogP contribution in [0, 0.1) is 17.3 Å². The summed E-state index contributed by atoms with van der Waals surface area (Å²) in [6.45, 7) is 7.15. The van der Waals surface area contributed by atoms with Crippen LogP contribution >= 0.6 is 0 Å². The fourth-order valence-electron chi connectivity index (χ4n) is 8.46. The van der Waals surface area contributed by atoms with Crippen molar-refractivity contribution in [2.24, 2.45) is 17.3 Å². The van der Waals surface area contributed by atoms with Crippen LogP contribution in [-0.2, 0) is 40.4 Å². The van der Waals surface area contributed by atoms with Crippen LogP contribution in [-0.4, -0.2) is 70.4 Å². The van der Waals surface area contributed by atoms with Crippen molar-refractivity contribution < 1.29 is 37.1 Å². The SMILES string of the molecule is CC(C)(C)OC(=O)C[C@H]1CCCCC/C=C\[C@@H]2C[C@@]2(C(=O)NS(=O)(=O)C2(C)CC2)CC(=O)[C@@H]2C[C@]3(CCc4c(cnc5ccccc45)O3)CN2C1=O. The Labute approximate surface area is 306 Å². The Balaban J connectivity index is 1.22. The monoisotopic (exact) mass is 733 g/mol. The van der Waals surface area contributed by atoms with Gasteiger partial charge in [0.2, 0.25) is 21.8 Å². The number of allylic oxidation sites excluding steroid dienone is 2. The number of aromatic nitrogens is 1. The number of carbonyl (C=O) groups excluding carboxylic acids is 4. The Morgan fingerprint density at radius 3 is 2.60 bits per heavy atom. The first-order chi connectivity index (χ1) is 24.5. The molecule has 3 aliphatic heterocycles. The number of pyridine rings is 1. The van der Waals surface area contributed by atoms with Crippen molar-refractivity contribution >= 4 is 44.5 Å². The van der Waals surface area contributed by atoms with Gasteiger partial charge < -0.3 is 14.4 Å². The summed E-state index contributed by atoms with van der Waals surface area (Å²) >= 11 is 0. The molecular formula is C40H51N3O8S. The lowest BCUT2D eigenvalue weighted by Gasteiger charge is -2.36. The van der Waals surface area contributed by atoms with E-state index in [9.17, 15) is 27.6 Å². The lowest BCUT2D eigenvalue weighted by atomic mass is 9.85. The van der Waals surface area contributed by atoms with E-state index in [2.05, 4.69) is 9.71 Å². The van der Waals surface area contributed by atoms with E-state index in [1.54, 1.807) is 38.8 Å². The quantitative estimate of drug-likeness (QED) is 0.300. The number of nitrogens with one attached hydrogen (secondary N) is 1. The highest BCUT2D eigenvalue weighted by Gasteiger charge is 2.63. The molecule has 4 heterocycles. The molecule has 1 aromatic carbocycles. The number of hydrogen-bond donors (Lipinski definition) is 1. The lowest BCUT2D eigenvalue weighted by Crippen LogP contribution is -2.48. The van der Waals surface area contributed by atoms with Gasteiger partial charge in [0.1, 0.15) is 17.0 Å². The molecule has 1 N–H and O–H groups in total. The number of benzene rings is 1. The van der Waals surface area contributed by atoms with Crippen LogP contribution in [0.2, 0.25) is 0 Å². The van der Waals surface area contributed by atoms with E-state index in [-0.39, 0.29) is 43.4 Å². The average molecular weight is 734 g/mol. The van der Waals surface area contributed by atoms with Crippen molar-refractivity contribution in [2.45, 2.75) is 133 Å². The molecule has 2 amide bonds. The van der Waals surface area contributed by atoms with Crippen molar-refractivity contribution in [1.82, 2.24) is 14.6 Å². The topological polar surface area (TPSA) is 149 Å². The molecule has 2 aromatic rings. The molecule has 1 aromatic heterocycles. The van der Waals surface area contributed by atoms with Crippen LogP contribution in [0.15, 0.2) is 42.6 Å². The van der Waals surface area contributed by atoms with Crippen molar-refractivity contribution in [3.63, 3.8) is 0 Å². The highest BCUT2D eigenvalue weighted by Crippen LogP contribution is 2.58. The Kier molecular flexibility index (Phi) is 9.31. The summed E-state index contributed by atoms with van der Waals surface area (Å²) in [5.41, 5.74) is -0.920. The molecule has 280 valence electrons. The number of Topliss-reactive ketones (excluding diaryl/α,β-unsaturated/α-hetero) is 1. The third-order valence-corrected chi connectivity index (χ3v) is 14.1. The van der Waals surface area contributed by atoms with E-state index in [0.29, 0.717) is 44.3 Å². The van der Waals surface area contributed by atoms with Gasteiger partial charge in [-0.3, -0.25) is 28.9 Å². The predicted octanol–water partition coefficient (Wildman–Crippen LogP) is 5.73. The largest absolute Gasteiger partial charge is 0.483 e. The van der Waals surface area contributed by atoms with Crippen molar-refractivity contribution in [2.75, 3.05) is 6.54 Å². The van der Waals surface area contributed by atoms with Gasteiger partial charge in [0.25, 0.3) is 0 Å². The van der Waals surface area contributed by atoms with E-state index in [4.69, 9.17) is 9.47 Å². The minimum Gasteiger partial charge on any atom is -0.483 e. The Hall–Kier alpha value is -3.80. The number of rotatable bonds is 5. The summed E-state index contributed by atoms with van der Waals surface area (Å²) in [5.74, 6) is -2.08. The molecule has 5 atom stereocenters. The van der Waals surface area contributed by atoms with Gasteiger partial charge in [0.15, 0.2) is 5.78 Å². The van der Waals surface area contributed by atoms with Gasteiger partial charge in [0, 0.05) is 29.7 Å². The highest BCUT2D eigenvalue weighted by atomic mass is 32.2. The summed E-state index contributed by atoms with van der Waals surface area (Å²) in [4.78, 5) is 62.6. The van der Waals surface area contributed by atoms with Gasteiger partial charge >= 0.3 is 5.97 Å². The fourth-order valence-corrected chi connectivity index (χ4v) is 9.79. The number of amides is 2. The number of ether oxygens (including phenoxy) is 2. The number of sulfonamides is 1. The Bertz CT molecular complexity index is 1930. The first kappa shape index (κ1) is 36.6. The zero-order valence-corrected chi connectivity index (χ0v) is 31.6. The summed E-state index contributed by atoms with van der Waals surface area (Å²) in [6.07, 6.45) is 11.8. The van der Waals surface area contributed by atoms with Crippen molar-refractivity contribution in [3.05, 3.63) is 48.2 Å². The number of fused-ring (bicyclic) bond motifs is 5. The third kappa shape index (κ3) is 7.11. The van der Waals surface area contributed by atoms with Crippen LogP contribution in [0.1, 0.15) is 110 Å². The molecule has 52 heavy (non-hydrogen) atoms. The summed E-state index contributed by atoms with van der Waals surface area (Å²) in [6, 6.07) is 6.96. The number of nitrogens with zero attached hydrogens (tertiary/aromatic N) is 2. The van der Waals surface area contributed by atoms with Crippen molar-refractivity contribution in [3.8, 4) is 5.75 Å². The normalized spacial score (nSPS) is 30.9. The number of ketones is 1. The van der Waals surface area contributed by atoms with Crippen LogP contribution in [0.3, 0.4) is 0 Å². The number of hydrogen-bond acceptors (Lipinski definition) is 9. The lowest BCUT2D eigenvalue weighted by molar-refractivity contribution is -0.159. The summed E-state index contributed by atoms with van der Waals surface area (Å²) < 4.78 is 40.1. The Morgan fingerprint density at radius 1 is 1.08 bits per heavy atom. The number of aryl methyl sites for hydroxylation is 1. The predicted molar refractivity (Wildman–Crippen MR) is 195 cm³/mol. The van der Waals surface area contributed by atoms with Gasteiger partial charge in [-0.1, -0.05) is 43.2 Å². The molecule has 1 saturated heterocycles. The van der Waals surface area contributed by atoms with Crippen LogP contribution in [0.5, 0.6) is 5.75 Å². The van der Waals surface area contributed by atoms with Crippen LogP contribution < -0.4 is 9.46 Å². The molecule has 2 aliphatic carbocycles. The average Bonchev–Trinajstić information content (AvgIpc) is 3.97. The van der Waals surface area contributed by atoms with Crippen LogP contribution in [0.4, 0.5) is 0 Å². The molecule has 1 spiro atoms. The molecule has 0 unspecified atom stereocenters. The van der Waals surface area contributed by atoms with E-state index in [1.807, 2.05) is 36.4 Å². The first-order valence-electron chi connectivity index (χ1n) is 18.9. The second-order valence-corrected chi connectivity index (χ2v) is 19.3. The highest BCUT2D eigenvalue weighted by molar-refractivity contribution is 7.91. The fraction of sp³-hybridized carbons (Fsp3) is 0.625. The van der Waals surface area contributed by atoms with Gasteiger partial charge in [-0.15, -0.1) is 0 Å². The second kappa shape index (κ2) is 13.2. The minimum absolute atomic E-state index is 0.106. The number of esters is 1. The van der Waals surface area contributed by atoms with E-state index in [1.165, 1.54) is 0 Å². The van der Waals surface area contributed by atoms with Crippen molar-refractivity contribution in [1.29, 1.82) is 0 Å². The van der Waals surface area contributed by atoms with Gasteiger partial charge in [-0.25, -0.2) is 8.42 Å². The molecular weight excluding hydrogens is 683 g/mol. The molecule has 12 heteroatoms. The van der Waals surface area contributed by atoms with Crippen LogP contribution in [0.25, 0.3) is 10.9 Å². The molecule has 0 bridgehead atoms.